The number of fused-ring (bicyclic) bond motifs is 2. The normalized spacial score (nSPS) is 12.4. The molecule has 0 aliphatic heterocycles. The van der Waals surface area contributed by atoms with Gasteiger partial charge in [-0.15, -0.1) is 0 Å². The predicted molar refractivity (Wildman–Crippen MR) is 122 cm³/mol. The number of pyridine rings is 1. The van der Waals surface area contributed by atoms with Gasteiger partial charge in [-0.1, -0.05) is 54.6 Å². The smallest absolute Gasteiger partial charge is 0.240 e. The van der Waals surface area contributed by atoms with Crippen LogP contribution in [0, 0.1) is 0 Å². The van der Waals surface area contributed by atoms with Crippen LogP contribution in [-0.2, 0) is 11.3 Å². The van der Waals surface area contributed by atoms with Crippen molar-refractivity contribution in [3.05, 3.63) is 94.6 Å². The van der Waals surface area contributed by atoms with E-state index in [2.05, 4.69) is 22.3 Å². The Morgan fingerprint density at radius 2 is 1.40 bits per heavy atom. The molecule has 5 nitrogen and oxygen atoms in total. The van der Waals surface area contributed by atoms with E-state index < -0.39 is 0 Å². The highest BCUT2D eigenvalue weighted by Crippen LogP contribution is 2.20. The number of hydrogen-bond acceptors (Lipinski definition) is 3. The van der Waals surface area contributed by atoms with Gasteiger partial charge >= 0.3 is 0 Å². The Morgan fingerprint density at radius 1 is 0.867 bits per heavy atom. The van der Waals surface area contributed by atoms with Crippen LogP contribution in [0.15, 0.2) is 83.7 Å². The highest BCUT2D eigenvalue weighted by atomic mass is 16.2. The molecule has 1 atom stereocenters. The van der Waals surface area contributed by atoms with Gasteiger partial charge in [0.25, 0.3) is 0 Å². The third-order valence-corrected chi connectivity index (χ3v) is 5.48. The summed E-state index contributed by atoms with van der Waals surface area (Å²) in [5.74, 6) is -0.0864. The van der Waals surface area contributed by atoms with E-state index in [4.69, 9.17) is 0 Å². The number of aromatic nitrogens is 1. The Bertz CT molecular complexity index is 1190. The van der Waals surface area contributed by atoms with Crippen molar-refractivity contribution in [2.75, 3.05) is 20.6 Å². The summed E-state index contributed by atoms with van der Waals surface area (Å²) in [4.78, 5) is 27.9. The minimum Gasteiger partial charge on any atom is -0.353 e. The molecule has 0 fully saturated rings. The molecule has 0 bridgehead atoms. The number of carbonyl (C=O) groups excluding carboxylic acids is 1. The van der Waals surface area contributed by atoms with Crippen molar-refractivity contribution >= 4 is 27.7 Å². The molecule has 3 aromatic carbocycles. The molecule has 4 rings (SSSR count). The number of amides is 1. The van der Waals surface area contributed by atoms with Crippen molar-refractivity contribution in [2.24, 2.45) is 0 Å². The quantitative estimate of drug-likeness (QED) is 0.504. The van der Waals surface area contributed by atoms with Gasteiger partial charge in [0, 0.05) is 17.3 Å². The predicted octanol–water partition coefficient (Wildman–Crippen LogP) is 3.57. The van der Waals surface area contributed by atoms with Crippen molar-refractivity contribution in [1.29, 1.82) is 0 Å². The summed E-state index contributed by atoms with van der Waals surface area (Å²) >= 11 is 0. The second-order valence-electron chi connectivity index (χ2n) is 7.64. The Labute approximate surface area is 175 Å². The number of hydrogen-bond donors (Lipinski definition) is 1. The lowest BCUT2D eigenvalue weighted by atomic mass is 10.1. The Morgan fingerprint density at radius 3 is 1.97 bits per heavy atom. The van der Waals surface area contributed by atoms with Crippen LogP contribution >= 0.6 is 0 Å². The van der Waals surface area contributed by atoms with Gasteiger partial charge in [-0.2, -0.15) is 0 Å². The average molecular weight is 399 g/mol. The molecule has 152 valence electrons. The maximum absolute atomic E-state index is 12.9. The summed E-state index contributed by atoms with van der Waals surface area (Å²) in [7, 11) is 4.01. The fourth-order valence-corrected chi connectivity index (χ4v) is 3.93. The van der Waals surface area contributed by atoms with Gasteiger partial charge in [-0.25, -0.2) is 0 Å². The molecule has 1 N–H and O–H groups in total. The Balaban J connectivity index is 1.63. The van der Waals surface area contributed by atoms with E-state index in [0.717, 1.165) is 16.6 Å². The fourth-order valence-electron chi connectivity index (χ4n) is 3.93. The highest BCUT2D eigenvalue weighted by Gasteiger charge is 2.17. The molecule has 1 amide bonds. The first-order valence-corrected chi connectivity index (χ1v) is 10.0. The lowest BCUT2D eigenvalue weighted by Gasteiger charge is -2.25. The fraction of sp³-hybridized carbons (Fsp3) is 0.200. The summed E-state index contributed by atoms with van der Waals surface area (Å²) in [6.07, 6.45) is 0. The molecule has 30 heavy (non-hydrogen) atoms. The van der Waals surface area contributed by atoms with E-state index in [0.29, 0.717) is 17.3 Å². The van der Waals surface area contributed by atoms with Gasteiger partial charge in [0.05, 0.1) is 17.1 Å². The van der Waals surface area contributed by atoms with E-state index in [-0.39, 0.29) is 23.9 Å². The molecule has 5 heteroatoms. The van der Waals surface area contributed by atoms with Gasteiger partial charge in [0.1, 0.15) is 6.54 Å². The lowest BCUT2D eigenvalue weighted by Crippen LogP contribution is -2.36. The third kappa shape index (κ3) is 3.84. The monoisotopic (exact) mass is 399 g/mol. The lowest BCUT2D eigenvalue weighted by molar-refractivity contribution is -0.121. The number of benzene rings is 3. The Kier molecular flexibility index (Phi) is 5.63. The summed E-state index contributed by atoms with van der Waals surface area (Å²) in [6.45, 7) is 0.655. The SMILES string of the molecule is CN(C)C(CNC(=O)Cn1c2ccccc2c(=O)c2ccccc21)c1ccccc1. The number of likely N-dealkylation sites (N-methyl/N-ethyl adjacent to an activating group) is 1. The van der Waals surface area contributed by atoms with Gasteiger partial charge in [-0.3, -0.25) is 9.59 Å². The number of nitrogens with zero attached hydrogens (tertiary/aromatic N) is 2. The van der Waals surface area contributed by atoms with Gasteiger partial charge in [-0.05, 0) is 43.9 Å². The molecule has 1 aromatic heterocycles. The zero-order valence-corrected chi connectivity index (χ0v) is 17.2. The van der Waals surface area contributed by atoms with Crippen LogP contribution in [0.5, 0.6) is 0 Å². The first-order valence-electron chi connectivity index (χ1n) is 10.0. The minimum atomic E-state index is -0.0864. The van der Waals surface area contributed by atoms with Crippen molar-refractivity contribution in [2.45, 2.75) is 12.6 Å². The molecule has 0 aliphatic carbocycles. The summed E-state index contributed by atoms with van der Waals surface area (Å²) < 4.78 is 1.93. The molecule has 0 spiro atoms. The molecule has 0 radical (unpaired) electrons. The molecule has 1 heterocycles. The van der Waals surface area contributed by atoms with E-state index in [1.54, 1.807) is 0 Å². The van der Waals surface area contributed by atoms with E-state index in [9.17, 15) is 9.59 Å². The van der Waals surface area contributed by atoms with Crippen LogP contribution in [0.1, 0.15) is 11.6 Å². The number of carbonyl (C=O) groups is 1. The minimum absolute atomic E-state index is 0.00499. The molecule has 4 aromatic rings. The van der Waals surface area contributed by atoms with Crippen LogP contribution in [-0.4, -0.2) is 36.0 Å². The third-order valence-electron chi connectivity index (χ3n) is 5.48. The molecular weight excluding hydrogens is 374 g/mol. The van der Waals surface area contributed by atoms with Crippen molar-refractivity contribution in [3.63, 3.8) is 0 Å². The van der Waals surface area contributed by atoms with Crippen molar-refractivity contribution < 1.29 is 4.79 Å². The second kappa shape index (κ2) is 8.51. The number of para-hydroxylation sites is 2. The molecule has 0 aliphatic rings. The molecule has 1 unspecified atom stereocenters. The average Bonchev–Trinajstić information content (AvgIpc) is 2.77. The van der Waals surface area contributed by atoms with Crippen LogP contribution in [0.4, 0.5) is 0 Å². The zero-order valence-electron chi connectivity index (χ0n) is 17.2. The first-order chi connectivity index (χ1) is 14.6. The highest BCUT2D eigenvalue weighted by molar-refractivity contribution is 5.94. The Hall–Kier alpha value is -3.44. The summed E-state index contributed by atoms with van der Waals surface area (Å²) in [5, 5.41) is 4.32. The number of nitrogens with one attached hydrogen (secondary N) is 1. The topological polar surface area (TPSA) is 54.3 Å². The van der Waals surface area contributed by atoms with Crippen LogP contribution in [0.3, 0.4) is 0 Å². The maximum Gasteiger partial charge on any atom is 0.240 e. The standard InChI is InChI=1S/C25H25N3O2/c1-27(2)23(18-10-4-3-5-11-18)16-26-24(29)17-28-21-14-8-6-12-19(21)25(30)20-13-7-9-15-22(20)28/h3-15,23H,16-17H2,1-2H3,(H,26,29). The van der Waals surface area contributed by atoms with E-state index in [1.807, 2.05) is 85.4 Å². The van der Waals surface area contributed by atoms with Gasteiger partial charge < -0.3 is 14.8 Å². The van der Waals surface area contributed by atoms with E-state index in [1.165, 1.54) is 0 Å². The van der Waals surface area contributed by atoms with Crippen LogP contribution in [0.2, 0.25) is 0 Å². The van der Waals surface area contributed by atoms with Gasteiger partial charge in [0.2, 0.25) is 5.91 Å². The van der Waals surface area contributed by atoms with Crippen molar-refractivity contribution in [1.82, 2.24) is 14.8 Å². The molecule has 0 saturated carbocycles. The number of rotatable bonds is 6. The maximum atomic E-state index is 12.9. The molecular formula is C25H25N3O2. The van der Waals surface area contributed by atoms with Crippen LogP contribution in [0.25, 0.3) is 21.8 Å². The van der Waals surface area contributed by atoms with E-state index >= 15 is 0 Å². The van der Waals surface area contributed by atoms with Gasteiger partial charge in [0.15, 0.2) is 5.43 Å². The molecule has 0 saturated heterocycles. The summed E-state index contributed by atoms with van der Waals surface area (Å²) in [6, 6.07) is 25.1. The van der Waals surface area contributed by atoms with Crippen molar-refractivity contribution in [3.8, 4) is 0 Å². The zero-order chi connectivity index (χ0) is 21.1. The first kappa shape index (κ1) is 19.9. The largest absolute Gasteiger partial charge is 0.353 e. The second-order valence-corrected chi connectivity index (χ2v) is 7.64. The summed E-state index contributed by atoms with van der Waals surface area (Å²) in [5.41, 5.74) is 2.68. The van der Waals surface area contributed by atoms with Crippen LogP contribution < -0.4 is 10.7 Å².